The van der Waals surface area contributed by atoms with Crippen LogP contribution in [0.15, 0.2) is 21.6 Å². The van der Waals surface area contributed by atoms with Gasteiger partial charge in [-0.05, 0) is 28.1 Å². The Morgan fingerprint density at radius 1 is 1.44 bits per heavy atom. The van der Waals surface area contributed by atoms with E-state index in [1.165, 1.54) is 0 Å². The molecule has 1 heterocycles. The molecule has 0 saturated heterocycles. The van der Waals surface area contributed by atoms with Crippen molar-refractivity contribution in [3.05, 3.63) is 26.7 Å². The molecule has 1 aliphatic rings. The summed E-state index contributed by atoms with van der Waals surface area (Å²) in [6, 6.07) is 3.74. The molecule has 1 unspecified atom stereocenters. The predicted octanol–water partition coefficient (Wildman–Crippen LogP) is 4.66. The lowest BCUT2D eigenvalue weighted by Crippen LogP contribution is -2.06. The first-order valence-corrected chi connectivity index (χ1v) is 7.12. The van der Waals surface area contributed by atoms with Gasteiger partial charge in [-0.3, -0.25) is 4.99 Å². The summed E-state index contributed by atoms with van der Waals surface area (Å²) in [4.78, 5) is 4.36. The molecule has 0 aliphatic carbocycles. The van der Waals surface area contributed by atoms with Gasteiger partial charge in [0.15, 0.2) is 5.17 Å². The van der Waals surface area contributed by atoms with E-state index in [0.717, 1.165) is 21.9 Å². The lowest BCUT2D eigenvalue weighted by atomic mass is 10.3. The second-order valence-electron chi connectivity index (χ2n) is 3.42. The van der Waals surface area contributed by atoms with Gasteiger partial charge in [0.1, 0.15) is 0 Å². The van der Waals surface area contributed by atoms with Gasteiger partial charge in [-0.25, -0.2) is 0 Å². The van der Waals surface area contributed by atoms with Gasteiger partial charge >= 0.3 is 0 Å². The van der Waals surface area contributed by atoms with Crippen molar-refractivity contribution in [1.82, 2.24) is 0 Å². The minimum absolute atomic E-state index is 0.513. The Kier molecular flexibility index (Phi) is 4.06. The van der Waals surface area contributed by atoms with Crippen molar-refractivity contribution in [1.29, 1.82) is 0 Å². The summed E-state index contributed by atoms with van der Waals surface area (Å²) in [5.41, 5.74) is 0.787. The van der Waals surface area contributed by atoms with Crippen LogP contribution in [0.2, 0.25) is 10.0 Å². The maximum Gasteiger partial charge on any atom is 0.161 e. The van der Waals surface area contributed by atoms with Crippen LogP contribution in [0.5, 0.6) is 0 Å². The number of rotatable bonds is 1. The molecule has 1 atom stereocenters. The number of thioether (sulfide) groups is 1. The molecule has 2 rings (SSSR count). The summed E-state index contributed by atoms with van der Waals surface area (Å²) in [6.45, 7) is 2.98. The molecule has 1 aromatic carbocycles. The first-order chi connectivity index (χ1) is 7.58. The lowest BCUT2D eigenvalue weighted by molar-refractivity contribution is 0.976. The normalized spacial score (nSPS) is 19.8. The van der Waals surface area contributed by atoms with Crippen LogP contribution in [0.4, 0.5) is 5.69 Å². The van der Waals surface area contributed by atoms with E-state index in [1.807, 2.05) is 12.1 Å². The third-order valence-electron chi connectivity index (χ3n) is 2.08. The summed E-state index contributed by atoms with van der Waals surface area (Å²) in [5.74, 6) is 0. The molecule has 0 fully saturated rings. The standard InChI is InChI=1S/C10H9BrCl2N2S/c1-5-4-14-10(16-5)15-7-3-2-6(11)8(12)9(7)13/h2-3,5H,4H2,1H3,(H,14,15). The summed E-state index contributed by atoms with van der Waals surface area (Å²) < 4.78 is 0.791. The van der Waals surface area contributed by atoms with Crippen molar-refractivity contribution in [3.8, 4) is 0 Å². The lowest BCUT2D eigenvalue weighted by Gasteiger charge is -2.09. The van der Waals surface area contributed by atoms with Gasteiger partial charge in [-0.2, -0.15) is 0 Å². The zero-order valence-corrected chi connectivity index (χ0v) is 12.3. The number of hydrogen-bond acceptors (Lipinski definition) is 3. The topological polar surface area (TPSA) is 24.4 Å². The number of nitrogens with one attached hydrogen (secondary N) is 1. The molecule has 0 saturated carbocycles. The molecule has 0 aromatic heterocycles. The molecular weight excluding hydrogens is 331 g/mol. The Balaban J connectivity index is 2.19. The Hall–Kier alpha value is 0.1000. The number of hydrogen-bond donors (Lipinski definition) is 1. The smallest absolute Gasteiger partial charge is 0.161 e. The number of benzene rings is 1. The van der Waals surface area contributed by atoms with Gasteiger partial charge in [0.25, 0.3) is 0 Å². The molecule has 1 aliphatic heterocycles. The van der Waals surface area contributed by atoms with Crippen molar-refractivity contribution in [2.45, 2.75) is 12.2 Å². The van der Waals surface area contributed by atoms with Crippen LogP contribution in [0.3, 0.4) is 0 Å². The van der Waals surface area contributed by atoms with Gasteiger partial charge in [-0.15, -0.1) is 0 Å². The largest absolute Gasteiger partial charge is 0.334 e. The molecule has 0 amide bonds. The van der Waals surface area contributed by atoms with Crippen molar-refractivity contribution in [2.75, 3.05) is 11.9 Å². The van der Waals surface area contributed by atoms with E-state index in [4.69, 9.17) is 23.2 Å². The Morgan fingerprint density at radius 3 is 2.81 bits per heavy atom. The Bertz CT molecular complexity index is 451. The van der Waals surface area contributed by atoms with Crippen LogP contribution in [-0.2, 0) is 0 Å². The fourth-order valence-electron chi connectivity index (χ4n) is 1.28. The van der Waals surface area contributed by atoms with E-state index in [-0.39, 0.29) is 0 Å². The fraction of sp³-hybridized carbons (Fsp3) is 0.300. The van der Waals surface area contributed by atoms with Crippen molar-refractivity contribution < 1.29 is 0 Å². The van der Waals surface area contributed by atoms with Crippen LogP contribution in [0, 0.1) is 0 Å². The molecule has 0 bridgehead atoms. The summed E-state index contributed by atoms with van der Waals surface area (Å²) in [5, 5.41) is 5.63. The molecule has 86 valence electrons. The highest BCUT2D eigenvalue weighted by molar-refractivity contribution is 9.10. The molecule has 0 radical (unpaired) electrons. The van der Waals surface area contributed by atoms with E-state index in [9.17, 15) is 0 Å². The summed E-state index contributed by atoms with van der Waals surface area (Å²) >= 11 is 17.2. The second-order valence-corrected chi connectivity index (χ2v) is 6.46. The predicted molar refractivity (Wildman–Crippen MR) is 77.1 cm³/mol. The van der Waals surface area contributed by atoms with Crippen LogP contribution in [0.1, 0.15) is 6.92 Å². The van der Waals surface area contributed by atoms with E-state index >= 15 is 0 Å². The van der Waals surface area contributed by atoms with Crippen LogP contribution < -0.4 is 5.32 Å². The van der Waals surface area contributed by atoms with Gasteiger partial charge in [0.05, 0.1) is 22.3 Å². The van der Waals surface area contributed by atoms with Gasteiger partial charge < -0.3 is 5.32 Å². The van der Waals surface area contributed by atoms with Crippen LogP contribution in [0.25, 0.3) is 0 Å². The minimum atomic E-state index is 0.513. The quantitative estimate of drug-likeness (QED) is 0.752. The van der Waals surface area contributed by atoms with Crippen molar-refractivity contribution in [2.24, 2.45) is 4.99 Å². The maximum atomic E-state index is 6.12. The Labute approximate surface area is 117 Å². The average Bonchev–Trinajstić information content (AvgIpc) is 2.65. The number of halogens is 3. The van der Waals surface area contributed by atoms with Crippen molar-refractivity contribution in [3.63, 3.8) is 0 Å². The third kappa shape index (κ3) is 2.67. The average molecular weight is 340 g/mol. The molecule has 2 nitrogen and oxygen atoms in total. The number of nitrogens with zero attached hydrogens (tertiary/aromatic N) is 1. The molecular formula is C10H9BrCl2N2S. The Morgan fingerprint density at radius 2 is 2.19 bits per heavy atom. The highest BCUT2D eigenvalue weighted by atomic mass is 79.9. The molecule has 6 heteroatoms. The second kappa shape index (κ2) is 5.17. The molecule has 16 heavy (non-hydrogen) atoms. The molecule has 1 N–H and O–H groups in total. The van der Waals surface area contributed by atoms with E-state index < -0.39 is 0 Å². The van der Waals surface area contributed by atoms with E-state index in [0.29, 0.717) is 15.3 Å². The highest BCUT2D eigenvalue weighted by Crippen LogP contribution is 2.36. The highest BCUT2D eigenvalue weighted by Gasteiger charge is 2.16. The molecule has 0 spiro atoms. The maximum absolute atomic E-state index is 6.12. The van der Waals surface area contributed by atoms with E-state index in [2.05, 4.69) is 33.2 Å². The monoisotopic (exact) mass is 338 g/mol. The fourth-order valence-corrected chi connectivity index (χ4v) is 2.95. The van der Waals surface area contributed by atoms with E-state index in [1.54, 1.807) is 11.8 Å². The first-order valence-electron chi connectivity index (χ1n) is 4.69. The molecule has 1 aromatic rings. The van der Waals surface area contributed by atoms with Gasteiger partial charge in [-0.1, -0.05) is 41.9 Å². The van der Waals surface area contributed by atoms with Gasteiger partial charge in [0, 0.05) is 9.72 Å². The SMILES string of the molecule is CC1CN=C(Nc2ccc(Br)c(Cl)c2Cl)S1. The summed E-state index contributed by atoms with van der Waals surface area (Å²) in [6.07, 6.45) is 0. The summed E-state index contributed by atoms with van der Waals surface area (Å²) in [7, 11) is 0. The third-order valence-corrected chi connectivity index (χ3v) is 4.86. The minimum Gasteiger partial charge on any atom is -0.334 e. The zero-order valence-electron chi connectivity index (χ0n) is 8.43. The van der Waals surface area contributed by atoms with Crippen LogP contribution in [-0.4, -0.2) is 17.0 Å². The van der Waals surface area contributed by atoms with Crippen molar-refractivity contribution >= 4 is 61.7 Å². The first kappa shape index (κ1) is 12.6. The number of anilines is 1. The number of amidine groups is 1. The zero-order chi connectivity index (χ0) is 11.7. The number of aliphatic imine (C=N–C) groups is 1. The van der Waals surface area contributed by atoms with Crippen LogP contribution >= 0.6 is 50.9 Å². The van der Waals surface area contributed by atoms with Gasteiger partial charge in [0.2, 0.25) is 0 Å².